The Bertz CT molecular complexity index is 1120. The fraction of sp³-hybridized carbons (Fsp3) is 0.400. The maximum atomic E-state index is 12.9. The number of piperidine rings is 1. The number of aryl methyl sites for hydroxylation is 2. The number of hydrogen-bond acceptors (Lipinski definition) is 6. The predicted molar refractivity (Wildman–Crippen MR) is 136 cm³/mol. The lowest BCUT2D eigenvalue weighted by Gasteiger charge is -2.35. The summed E-state index contributed by atoms with van der Waals surface area (Å²) in [6, 6.07) is 11.6. The van der Waals surface area contributed by atoms with Crippen LogP contribution in [0.3, 0.4) is 0 Å². The quantitative estimate of drug-likeness (QED) is 0.695. The van der Waals surface area contributed by atoms with Crippen LogP contribution >= 0.6 is 11.8 Å². The fourth-order valence-corrected chi connectivity index (χ4v) is 4.77. The molecule has 1 spiro atoms. The van der Waals surface area contributed by atoms with Gasteiger partial charge >= 0.3 is 6.03 Å². The Morgan fingerprint density at radius 2 is 1.73 bits per heavy atom. The van der Waals surface area contributed by atoms with Crippen LogP contribution in [0.5, 0.6) is 11.5 Å². The molecule has 0 radical (unpaired) electrons. The van der Waals surface area contributed by atoms with Gasteiger partial charge in [-0.1, -0.05) is 12.1 Å². The summed E-state index contributed by atoms with van der Waals surface area (Å²) in [5, 5.41) is 3.93. The second kappa shape index (κ2) is 9.47. The Morgan fingerprint density at radius 1 is 1.00 bits per heavy atom. The molecule has 1 saturated heterocycles. The Labute approximate surface area is 199 Å². The highest BCUT2D eigenvalue weighted by molar-refractivity contribution is 8.15. The number of ether oxygens (including phenoxy) is 2. The van der Waals surface area contributed by atoms with E-state index in [-0.39, 0.29) is 6.03 Å². The summed E-state index contributed by atoms with van der Waals surface area (Å²) in [7, 11) is 3.16. The fourth-order valence-electron chi connectivity index (χ4n) is 4.15. The van der Waals surface area contributed by atoms with Crippen molar-refractivity contribution in [3.63, 3.8) is 0 Å². The van der Waals surface area contributed by atoms with Crippen LogP contribution in [0.2, 0.25) is 0 Å². The first kappa shape index (κ1) is 23.2. The van der Waals surface area contributed by atoms with Crippen molar-refractivity contribution >= 4 is 34.2 Å². The van der Waals surface area contributed by atoms with Gasteiger partial charge in [0, 0.05) is 43.2 Å². The zero-order valence-electron chi connectivity index (χ0n) is 19.8. The molecule has 174 valence electrons. The molecule has 2 aromatic rings. The molecule has 2 amide bonds. The van der Waals surface area contributed by atoms with E-state index < -0.39 is 5.66 Å². The van der Waals surface area contributed by atoms with E-state index in [2.05, 4.69) is 37.4 Å². The highest BCUT2D eigenvalue weighted by Crippen LogP contribution is 2.36. The molecular formula is C25H30N4O3S. The van der Waals surface area contributed by atoms with Crippen LogP contribution in [0, 0.1) is 13.8 Å². The second-order valence-electron chi connectivity index (χ2n) is 8.35. The zero-order valence-corrected chi connectivity index (χ0v) is 20.6. The third-order valence-electron chi connectivity index (χ3n) is 6.29. The summed E-state index contributed by atoms with van der Waals surface area (Å²) in [4.78, 5) is 24.8. The highest BCUT2D eigenvalue weighted by atomic mass is 32.2. The van der Waals surface area contributed by atoms with Crippen LogP contribution in [0.15, 0.2) is 46.4 Å². The zero-order chi connectivity index (χ0) is 23.6. The molecule has 1 N–H and O–H groups in total. The summed E-state index contributed by atoms with van der Waals surface area (Å²) >= 11 is 1.63. The van der Waals surface area contributed by atoms with Crippen LogP contribution < -0.4 is 14.8 Å². The lowest BCUT2D eigenvalue weighted by Crippen LogP contribution is -2.46. The molecule has 8 heteroatoms. The molecule has 4 rings (SSSR count). The third-order valence-corrected chi connectivity index (χ3v) is 6.96. The monoisotopic (exact) mass is 466 g/mol. The van der Waals surface area contributed by atoms with Gasteiger partial charge in [0.2, 0.25) is 0 Å². The summed E-state index contributed by atoms with van der Waals surface area (Å²) in [5.74, 6) is 1.20. The van der Waals surface area contributed by atoms with Gasteiger partial charge < -0.3 is 19.7 Å². The van der Waals surface area contributed by atoms with Crippen molar-refractivity contribution in [2.75, 3.05) is 38.9 Å². The number of benzene rings is 2. The van der Waals surface area contributed by atoms with Gasteiger partial charge in [-0.3, -0.25) is 4.99 Å². The van der Waals surface area contributed by atoms with E-state index in [1.54, 1.807) is 44.2 Å². The number of hydrogen-bond donors (Lipinski definition) is 1. The van der Waals surface area contributed by atoms with Crippen LogP contribution in [0.1, 0.15) is 29.5 Å². The molecule has 1 fully saturated rings. The number of carbonyl (C=O) groups is 1. The number of carbonyl (C=O) groups excluding carboxylic acids is 1. The molecule has 0 aromatic heterocycles. The largest absolute Gasteiger partial charge is 0.493 e. The van der Waals surface area contributed by atoms with E-state index in [1.165, 1.54) is 11.1 Å². The van der Waals surface area contributed by atoms with Crippen molar-refractivity contribution in [1.29, 1.82) is 0 Å². The topological polar surface area (TPSA) is 75.5 Å². The minimum atomic E-state index is -0.480. The van der Waals surface area contributed by atoms with Gasteiger partial charge in [0.05, 0.1) is 19.9 Å². The molecule has 2 heterocycles. The van der Waals surface area contributed by atoms with E-state index in [0.717, 1.165) is 16.3 Å². The molecule has 0 bridgehead atoms. The summed E-state index contributed by atoms with van der Waals surface area (Å²) in [6.07, 6.45) is 3.44. The highest BCUT2D eigenvalue weighted by Gasteiger charge is 2.40. The molecule has 0 unspecified atom stereocenters. The smallest absolute Gasteiger partial charge is 0.321 e. The molecule has 2 aliphatic rings. The number of amides is 2. The van der Waals surface area contributed by atoms with E-state index in [0.29, 0.717) is 43.1 Å². The van der Waals surface area contributed by atoms with E-state index in [9.17, 15) is 4.79 Å². The maximum Gasteiger partial charge on any atom is 0.321 e. The molecule has 2 aliphatic heterocycles. The summed E-state index contributed by atoms with van der Waals surface area (Å²) in [6.45, 7) is 5.42. The van der Waals surface area contributed by atoms with Crippen molar-refractivity contribution in [2.45, 2.75) is 32.4 Å². The van der Waals surface area contributed by atoms with Crippen LogP contribution in [-0.2, 0) is 0 Å². The van der Waals surface area contributed by atoms with Gasteiger partial charge in [-0.15, -0.1) is 11.8 Å². The van der Waals surface area contributed by atoms with Crippen LogP contribution in [-0.4, -0.2) is 60.9 Å². The summed E-state index contributed by atoms with van der Waals surface area (Å²) in [5.41, 5.74) is 4.77. The van der Waals surface area contributed by atoms with Crippen LogP contribution in [0.25, 0.3) is 0 Å². The first-order valence-electron chi connectivity index (χ1n) is 11.0. The minimum absolute atomic E-state index is 0.137. The molecule has 0 atom stereocenters. The van der Waals surface area contributed by atoms with E-state index in [4.69, 9.17) is 19.5 Å². The third kappa shape index (κ3) is 4.71. The van der Waals surface area contributed by atoms with Crippen LogP contribution in [0.4, 0.5) is 10.5 Å². The average Bonchev–Trinajstić information content (AvgIpc) is 3.19. The minimum Gasteiger partial charge on any atom is -0.493 e. The number of methoxy groups -OCH3 is 2. The lowest BCUT2D eigenvalue weighted by atomic mass is 9.98. The van der Waals surface area contributed by atoms with Gasteiger partial charge in [-0.25, -0.2) is 9.79 Å². The van der Waals surface area contributed by atoms with Gasteiger partial charge in [-0.05, 0) is 49.4 Å². The van der Waals surface area contributed by atoms with Crippen molar-refractivity contribution in [2.24, 2.45) is 9.98 Å². The van der Waals surface area contributed by atoms with Crippen molar-refractivity contribution in [1.82, 2.24) is 4.90 Å². The Balaban J connectivity index is 1.45. The number of nitrogens with one attached hydrogen (secondary N) is 1. The molecular weight excluding hydrogens is 436 g/mol. The van der Waals surface area contributed by atoms with Crippen molar-refractivity contribution < 1.29 is 14.3 Å². The second-order valence-corrected chi connectivity index (χ2v) is 9.14. The predicted octanol–water partition coefficient (Wildman–Crippen LogP) is 4.91. The first-order chi connectivity index (χ1) is 15.9. The summed E-state index contributed by atoms with van der Waals surface area (Å²) < 4.78 is 10.6. The van der Waals surface area contributed by atoms with Gasteiger partial charge in [0.1, 0.15) is 5.04 Å². The Hall–Kier alpha value is -3.00. The van der Waals surface area contributed by atoms with Gasteiger partial charge in [0.25, 0.3) is 0 Å². The van der Waals surface area contributed by atoms with Crippen molar-refractivity contribution in [3.05, 3.63) is 53.1 Å². The standard InChI is InChI=1S/C25H30N4O3S/c1-16-6-7-18(14-17(16)2)22-23(33-5)28-25(27-22)10-12-29(13-11-25)24(30)26-19-8-9-20(31-3)21(15-19)32-4/h6-9,14-15H,10-13H2,1-5H3,(H,26,30). The SMILES string of the molecule is COc1ccc(NC(=O)N2CCC3(CC2)N=C(SC)C(c2ccc(C)c(C)c2)=N3)cc1OC. The maximum absolute atomic E-state index is 12.9. The lowest BCUT2D eigenvalue weighted by molar-refractivity contribution is 0.175. The number of aliphatic imine (C=N–C) groups is 2. The van der Waals surface area contributed by atoms with E-state index in [1.807, 2.05) is 11.2 Å². The molecule has 2 aromatic carbocycles. The van der Waals surface area contributed by atoms with Crippen molar-refractivity contribution in [3.8, 4) is 11.5 Å². The average molecular weight is 467 g/mol. The number of thioether (sulfide) groups is 1. The molecule has 33 heavy (non-hydrogen) atoms. The first-order valence-corrected chi connectivity index (χ1v) is 12.2. The number of likely N-dealkylation sites (tertiary alicyclic amines) is 1. The molecule has 7 nitrogen and oxygen atoms in total. The number of rotatable bonds is 4. The number of anilines is 1. The van der Waals surface area contributed by atoms with Gasteiger partial charge in [0.15, 0.2) is 17.2 Å². The molecule has 0 saturated carbocycles. The van der Waals surface area contributed by atoms with Gasteiger partial charge in [-0.2, -0.15) is 0 Å². The molecule has 0 aliphatic carbocycles. The number of urea groups is 1. The normalized spacial score (nSPS) is 16.9. The Kier molecular flexibility index (Phi) is 6.65. The van der Waals surface area contributed by atoms with E-state index >= 15 is 0 Å². The Morgan fingerprint density at radius 3 is 2.36 bits per heavy atom. The number of nitrogens with zero attached hydrogens (tertiary/aromatic N) is 3.